The van der Waals surface area contributed by atoms with Crippen LogP contribution >= 0.6 is 11.8 Å². The molecule has 0 saturated carbocycles. The van der Waals surface area contributed by atoms with E-state index in [1.54, 1.807) is 0 Å². The molecule has 4 aromatic carbocycles. The lowest BCUT2D eigenvalue weighted by Crippen LogP contribution is -2.27. The molecule has 0 bridgehead atoms. The summed E-state index contributed by atoms with van der Waals surface area (Å²) >= 11 is 1.01. The third-order valence-electron chi connectivity index (χ3n) is 6.57. The Hall–Kier alpha value is -4.09. The van der Waals surface area contributed by atoms with Gasteiger partial charge in [0, 0.05) is 29.2 Å². The van der Waals surface area contributed by atoms with Crippen LogP contribution in [0.2, 0.25) is 0 Å². The number of thioether (sulfide) groups is 1. The van der Waals surface area contributed by atoms with Crippen LogP contribution in [-0.2, 0) is 17.9 Å². The van der Waals surface area contributed by atoms with E-state index in [0.717, 1.165) is 39.4 Å². The molecule has 2 amide bonds. The topological polar surface area (TPSA) is 42.3 Å². The zero-order chi connectivity index (χ0) is 24.6. The summed E-state index contributed by atoms with van der Waals surface area (Å²) in [5, 5.41) is 3.27. The Bertz CT molecular complexity index is 1680. The van der Waals surface area contributed by atoms with Crippen LogP contribution in [0.25, 0.3) is 27.8 Å². The lowest BCUT2D eigenvalue weighted by Gasteiger charge is -2.12. The van der Waals surface area contributed by atoms with Crippen molar-refractivity contribution in [3.63, 3.8) is 0 Å². The van der Waals surface area contributed by atoms with Crippen molar-refractivity contribution in [2.24, 2.45) is 0 Å². The zero-order valence-electron chi connectivity index (χ0n) is 19.8. The summed E-state index contributed by atoms with van der Waals surface area (Å²) in [7, 11) is 0. The second-order valence-electron chi connectivity index (χ2n) is 9.17. The van der Waals surface area contributed by atoms with Crippen molar-refractivity contribution in [2.75, 3.05) is 0 Å². The highest BCUT2D eigenvalue weighted by molar-refractivity contribution is 8.18. The van der Waals surface area contributed by atoms with Gasteiger partial charge in [-0.1, -0.05) is 84.4 Å². The van der Waals surface area contributed by atoms with Crippen molar-refractivity contribution >= 4 is 50.7 Å². The number of carbonyl (C=O) groups is 2. The van der Waals surface area contributed by atoms with Gasteiger partial charge in [0.15, 0.2) is 0 Å². The quantitative estimate of drug-likeness (QED) is 0.242. The lowest BCUT2D eigenvalue weighted by molar-refractivity contribution is -0.123. The molecule has 0 aliphatic carbocycles. The monoisotopic (exact) mass is 488 g/mol. The summed E-state index contributed by atoms with van der Waals surface area (Å²) < 4.78 is 2.21. The second-order valence-corrected chi connectivity index (χ2v) is 10.2. The van der Waals surface area contributed by atoms with Crippen LogP contribution in [-0.4, -0.2) is 20.6 Å². The van der Waals surface area contributed by atoms with Gasteiger partial charge in [-0.3, -0.25) is 14.5 Å². The minimum atomic E-state index is -0.238. The number of hydrogen-bond donors (Lipinski definition) is 0. The van der Waals surface area contributed by atoms with Crippen LogP contribution < -0.4 is 0 Å². The normalized spacial score (nSPS) is 15.0. The predicted octanol–water partition coefficient (Wildman–Crippen LogP) is 7.39. The first-order valence-electron chi connectivity index (χ1n) is 11.9. The fourth-order valence-corrected chi connectivity index (χ4v) is 5.65. The molecule has 0 atom stereocenters. The van der Waals surface area contributed by atoms with Gasteiger partial charge < -0.3 is 4.57 Å². The first kappa shape index (κ1) is 22.4. The number of hydrogen-bond acceptors (Lipinski definition) is 3. The molecule has 5 aromatic rings. The number of rotatable bonds is 5. The largest absolute Gasteiger partial charge is 0.342 e. The number of aryl methyl sites for hydroxylation is 1. The molecule has 1 aliphatic rings. The van der Waals surface area contributed by atoms with E-state index in [-0.39, 0.29) is 17.7 Å². The Morgan fingerprint density at radius 1 is 0.778 bits per heavy atom. The molecule has 1 fully saturated rings. The van der Waals surface area contributed by atoms with Crippen molar-refractivity contribution in [3.8, 4) is 0 Å². The van der Waals surface area contributed by atoms with E-state index in [1.807, 2.05) is 49.4 Å². The van der Waals surface area contributed by atoms with Crippen molar-refractivity contribution < 1.29 is 9.59 Å². The molecule has 0 unspecified atom stereocenters. The van der Waals surface area contributed by atoms with Crippen LogP contribution in [0.5, 0.6) is 0 Å². The molecule has 1 aliphatic heterocycles. The molecule has 36 heavy (non-hydrogen) atoms. The van der Waals surface area contributed by atoms with Gasteiger partial charge in [0.05, 0.1) is 11.4 Å². The van der Waals surface area contributed by atoms with E-state index in [1.165, 1.54) is 21.2 Å². The second kappa shape index (κ2) is 9.17. The van der Waals surface area contributed by atoms with E-state index in [0.29, 0.717) is 11.4 Å². The van der Waals surface area contributed by atoms with Gasteiger partial charge in [0.2, 0.25) is 0 Å². The van der Waals surface area contributed by atoms with E-state index in [2.05, 4.69) is 65.4 Å². The molecule has 6 rings (SSSR count). The van der Waals surface area contributed by atoms with Gasteiger partial charge in [-0.25, -0.2) is 0 Å². The SMILES string of the molecule is Cc1cccc(CN2C(=O)S/C(=C\c3cn(Cc4ccc5ccccc5c4)c4ccccc34)C2=O)c1. The standard InChI is InChI=1S/C31H24N2O2S/c1-21-7-6-8-22(15-21)19-33-30(34)29(36-31(33)35)17-26-20-32(28-12-5-4-11-27(26)28)18-23-13-14-24-9-2-3-10-25(24)16-23/h2-17,20H,18-19H2,1H3/b29-17-. The van der Waals surface area contributed by atoms with E-state index >= 15 is 0 Å². The van der Waals surface area contributed by atoms with Gasteiger partial charge in [0.25, 0.3) is 11.1 Å². The molecule has 0 spiro atoms. The maximum absolute atomic E-state index is 13.2. The average Bonchev–Trinajstić information content (AvgIpc) is 3.36. The maximum atomic E-state index is 13.2. The summed E-state index contributed by atoms with van der Waals surface area (Å²) in [6, 6.07) is 31.0. The predicted molar refractivity (Wildman–Crippen MR) is 148 cm³/mol. The molecule has 1 aromatic heterocycles. The highest BCUT2D eigenvalue weighted by atomic mass is 32.2. The van der Waals surface area contributed by atoms with Gasteiger partial charge in [-0.2, -0.15) is 0 Å². The lowest BCUT2D eigenvalue weighted by atomic mass is 10.1. The number of benzene rings is 4. The van der Waals surface area contributed by atoms with Crippen molar-refractivity contribution in [1.29, 1.82) is 0 Å². The van der Waals surface area contributed by atoms with Gasteiger partial charge in [-0.05, 0) is 58.8 Å². The molecule has 0 N–H and O–H groups in total. The highest BCUT2D eigenvalue weighted by Gasteiger charge is 2.35. The molecule has 5 heteroatoms. The smallest absolute Gasteiger partial charge is 0.293 e. The number of imide groups is 1. The minimum absolute atomic E-state index is 0.229. The van der Waals surface area contributed by atoms with E-state index < -0.39 is 0 Å². The molecule has 2 heterocycles. The summed E-state index contributed by atoms with van der Waals surface area (Å²) in [6.45, 7) is 3.01. The molecule has 4 nitrogen and oxygen atoms in total. The number of fused-ring (bicyclic) bond motifs is 2. The first-order valence-corrected chi connectivity index (χ1v) is 12.7. The third kappa shape index (κ3) is 4.23. The van der Waals surface area contributed by atoms with Crippen LogP contribution in [0.3, 0.4) is 0 Å². The Kier molecular flexibility index (Phi) is 5.70. The number of nitrogens with zero attached hydrogens (tertiary/aromatic N) is 2. The summed E-state index contributed by atoms with van der Waals surface area (Å²) in [5.41, 5.74) is 5.29. The molecule has 176 valence electrons. The zero-order valence-corrected chi connectivity index (χ0v) is 20.7. The van der Waals surface area contributed by atoms with Crippen LogP contribution in [0, 0.1) is 6.92 Å². The fraction of sp³-hybridized carbons (Fsp3) is 0.0968. The Balaban J connectivity index is 1.32. The van der Waals surface area contributed by atoms with Crippen molar-refractivity contribution in [3.05, 3.63) is 124 Å². The summed E-state index contributed by atoms with van der Waals surface area (Å²) in [6.07, 6.45) is 3.94. The first-order chi connectivity index (χ1) is 17.5. The van der Waals surface area contributed by atoms with Gasteiger partial charge >= 0.3 is 0 Å². The summed E-state index contributed by atoms with van der Waals surface area (Å²) in [4.78, 5) is 27.7. The highest BCUT2D eigenvalue weighted by Crippen LogP contribution is 2.35. The average molecular weight is 489 g/mol. The number of carbonyl (C=O) groups excluding carboxylic acids is 2. The van der Waals surface area contributed by atoms with Gasteiger partial charge in [-0.15, -0.1) is 0 Å². The molecule has 0 radical (unpaired) electrons. The minimum Gasteiger partial charge on any atom is -0.342 e. The number of aromatic nitrogens is 1. The van der Waals surface area contributed by atoms with Gasteiger partial charge in [0.1, 0.15) is 0 Å². The maximum Gasteiger partial charge on any atom is 0.293 e. The van der Waals surface area contributed by atoms with Crippen LogP contribution in [0.15, 0.2) is 102 Å². The Labute approximate surface area is 213 Å². The number of para-hydroxylation sites is 1. The third-order valence-corrected chi connectivity index (χ3v) is 7.48. The van der Waals surface area contributed by atoms with Crippen LogP contribution in [0.4, 0.5) is 4.79 Å². The molecular weight excluding hydrogens is 464 g/mol. The molecular formula is C31H24N2O2S. The Morgan fingerprint density at radius 3 is 2.42 bits per heavy atom. The van der Waals surface area contributed by atoms with E-state index in [9.17, 15) is 9.59 Å². The Morgan fingerprint density at radius 2 is 1.56 bits per heavy atom. The fourth-order valence-electron chi connectivity index (χ4n) is 4.83. The van der Waals surface area contributed by atoms with Crippen molar-refractivity contribution in [1.82, 2.24) is 9.47 Å². The van der Waals surface area contributed by atoms with Crippen LogP contribution in [0.1, 0.15) is 22.3 Å². The molecule has 1 saturated heterocycles. The van der Waals surface area contributed by atoms with E-state index in [4.69, 9.17) is 0 Å². The number of amides is 2. The summed E-state index contributed by atoms with van der Waals surface area (Å²) in [5.74, 6) is -0.238. The van der Waals surface area contributed by atoms with Crippen molar-refractivity contribution in [2.45, 2.75) is 20.0 Å².